The minimum Gasteiger partial charge on any atom is -0.507 e. The van der Waals surface area contributed by atoms with Gasteiger partial charge in [-0.3, -0.25) is 9.59 Å². The van der Waals surface area contributed by atoms with E-state index in [9.17, 15) is 14.7 Å². The molecule has 0 saturated heterocycles. The minimum atomic E-state index is -0.414. The molecule has 0 heterocycles. The van der Waals surface area contributed by atoms with E-state index < -0.39 is 5.91 Å². The van der Waals surface area contributed by atoms with Gasteiger partial charge in [0, 0.05) is 11.3 Å². The number of phenolic OH excluding ortho intramolecular Hbond substituents is 1. The van der Waals surface area contributed by atoms with Gasteiger partial charge in [-0.15, -0.1) is 0 Å². The summed E-state index contributed by atoms with van der Waals surface area (Å²) < 4.78 is 0. The molecule has 0 saturated carbocycles. The molecule has 2 aromatic carbocycles. The van der Waals surface area contributed by atoms with Crippen LogP contribution in [-0.4, -0.2) is 16.8 Å². The molecule has 0 aliphatic carbocycles. The summed E-state index contributed by atoms with van der Waals surface area (Å²) in [6, 6.07) is 11.5. The lowest BCUT2D eigenvalue weighted by molar-refractivity contribution is 0.101. The van der Waals surface area contributed by atoms with Crippen LogP contribution in [-0.2, 0) is 0 Å². The zero-order chi connectivity index (χ0) is 14.7. The molecule has 0 unspecified atom stereocenters. The molecule has 2 rings (SSSR count). The third-order valence-corrected chi connectivity index (χ3v) is 2.92. The Bertz CT molecular complexity index is 677. The predicted molar refractivity (Wildman–Crippen MR) is 77.2 cm³/mol. The molecule has 0 spiro atoms. The van der Waals surface area contributed by atoms with Crippen molar-refractivity contribution in [2.45, 2.75) is 13.8 Å². The van der Waals surface area contributed by atoms with E-state index in [0.717, 1.165) is 5.56 Å². The van der Waals surface area contributed by atoms with Gasteiger partial charge in [0.15, 0.2) is 5.78 Å². The van der Waals surface area contributed by atoms with Gasteiger partial charge in [0.2, 0.25) is 0 Å². The molecule has 2 aromatic rings. The molecule has 4 heteroatoms. The van der Waals surface area contributed by atoms with E-state index >= 15 is 0 Å². The van der Waals surface area contributed by atoms with Crippen LogP contribution in [0.2, 0.25) is 0 Å². The summed E-state index contributed by atoms with van der Waals surface area (Å²) in [6.07, 6.45) is 0. The Labute approximate surface area is 117 Å². The highest BCUT2D eigenvalue weighted by Crippen LogP contribution is 2.20. The molecule has 1 amide bonds. The Kier molecular flexibility index (Phi) is 3.84. The van der Waals surface area contributed by atoms with Crippen molar-refractivity contribution in [3.8, 4) is 5.75 Å². The highest BCUT2D eigenvalue weighted by Gasteiger charge is 2.11. The van der Waals surface area contributed by atoms with E-state index in [1.54, 1.807) is 36.4 Å². The number of hydrogen-bond donors (Lipinski definition) is 2. The van der Waals surface area contributed by atoms with E-state index in [1.165, 1.54) is 13.0 Å². The lowest BCUT2D eigenvalue weighted by Gasteiger charge is -2.08. The monoisotopic (exact) mass is 269 g/mol. The third kappa shape index (κ3) is 3.03. The number of benzene rings is 2. The van der Waals surface area contributed by atoms with Gasteiger partial charge in [0.25, 0.3) is 5.91 Å². The van der Waals surface area contributed by atoms with Crippen molar-refractivity contribution in [3.05, 3.63) is 59.2 Å². The van der Waals surface area contributed by atoms with E-state index in [-0.39, 0.29) is 17.1 Å². The lowest BCUT2D eigenvalue weighted by atomic mass is 10.1. The molecular formula is C16H15NO3. The van der Waals surface area contributed by atoms with Gasteiger partial charge in [0.05, 0.1) is 5.56 Å². The fourth-order valence-corrected chi connectivity index (χ4v) is 1.85. The smallest absolute Gasteiger partial charge is 0.259 e. The summed E-state index contributed by atoms with van der Waals surface area (Å²) in [4.78, 5) is 23.4. The number of aromatic hydroxyl groups is 1. The van der Waals surface area contributed by atoms with Gasteiger partial charge in [-0.25, -0.2) is 0 Å². The maximum Gasteiger partial charge on any atom is 0.259 e. The Morgan fingerprint density at radius 3 is 2.50 bits per heavy atom. The first-order chi connectivity index (χ1) is 9.47. The number of nitrogens with one attached hydrogen (secondary N) is 1. The number of aryl methyl sites for hydroxylation is 1. The van der Waals surface area contributed by atoms with Crippen molar-refractivity contribution in [2.75, 3.05) is 5.32 Å². The van der Waals surface area contributed by atoms with Crippen molar-refractivity contribution in [2.24, 2.45) is 0 Å². The third-order valence-electron chi connectivity index (χ3n) is 2.92. The number of hydrogen-bond acceptors (Lipinski definition) is 3. The zero-order valence-corrected chi connectivity index (χ0v) is 11.3. The Hall–Kier alpha value is -2.62. The van der Waals surface area contributed by atoms with Gasteiger partial charge >= 0.3 is 0 Å². The topological polar surface area (TPSA) is 66.4 Å². The van der Waals surface area contributed by atoms with E-state index in [4.69, 9.17) is 0 Å². The number of amides is 1. The molecule has 102 valence electrons. The fourth-order valence-electron chi connectivity index (χ4n) is 1.85. The van der Waals surface area contributed by atoms with Gasteiger partial charge in [-0.1, -0.05) is 18.2 Å². The number of phenols is 1. The second-order valence-corrected chi connectivity index (χ2v) is 4.61. The summed E-state index contributed by atoms with van der Waals surface area (Å²) >= 11 is 0. The first-order valence-corrected chi connectivity index (χ1v) is 6.19. The maximum absolute atomic E-state index is 12.1. The van der Waals surface area contributed by atoms with Crippen molar-refractivity contribution in [1.29, 1.82) is 0 Å². The molecule has 0 radical (unpaired) electrons. The summed E-state index contributed by atoms with van der Waals surface area (Å²) in [5, 5.41) is 12.4. The standard InChI is InChI=1S/C16H15NO3/c1-10-6-7-14(15(19)8-10)16(20)17-13-5-3-4-12(9-13)11(2)18/h3-9,19H,1-2H3,(H,17,20). The number of ketones is 1. The van der Waals surface area contributed by atoms with Crippen LogP contribution in [0.5, 0.6) is 5.75 Å². The molecule has 2 N–H and O–H groups in total. The van der Waals surface area contributed by atoms with Crippen LogP contribution < -0.4 is 5.32 Å². The van der Waals surface area contributed by atoms with Gasteiger partial charge in [-0.2, -0.15) is 0 Å². The average Bonchev–Trinajstić information content (AvgIpc) is 2.38. The van der Waals surface area contributed by atoms with Crippen LogP contribution >= 0.6 is 0 Å². The predicted octanol–water partition coefficient (Wildman–Crippen LogP) is 3.16. The summed E-state index contributed by atoms with van der Waals surface area (Å²) in [6.45, 7) is 3.30. The first-order valence-electron chi connectivity index (χ1n) is 6.19. The van der Waals surface area contributed by atoms with E-state index in [1.807, 2.05) is 6.92 Å². The van der Waals surface area contributed by atoms with Crippen LogP contribution in [0.4, 0.5) is 5.69 Å². The lowest BCUT2D eigenvalue weighted by Crippen LogP contribution is -2.12. The highest BCUT2D eigenvalue weighted by atomic mass is 16.3. The summed E-state index contributed by atoms with van der Waals surface area (Å²) in [5.74, 6) is -0.548. The van der Waals surface area contributed by atoms with Gasteiger partial charge < -0.3 is 10.4 Å². The van der Waals surface area contributed by atoms with Crippen molar-refractivity contribution in [3.63, 3.8) is 0 Å². The van der Waals surface area contributed by atoms with Crippen LogP contribution in [0.3, 0.4) is 0 Å². The molecule has 0 bridgehead atoms. The van der Waals surface area contributed by atoms with Crippen molar-refractivity contribution < 1.29 is 14.7 Å². The molecule has 0 aromatic heterocycles. The van der Waals surface area contributed by atoms with Crippen LogP contribution in [0.25, 0.3) is 0 Å². The summed E-state index contributed by atoms with van der Waals surface area (Å²) in [7, 11) is 0. The Balaban J connectivity index is 2.23. The fraction of sp³-hybridized carbons (Fsp3) is 0.125. The molecular weight excluding hydrogens is 254 g/mol. The number of rotatable bonds is 3. The van der Waals surface area contributed by atoms with E-state index in [2.05, 4.69) is 5.32 Å². The largest absolute Gasteiger partial charge is 0.507 e. The van der Waals surface area contributed by atoms with Crippen molar-refractivity contribution >= 4 is 17.4 Å². The second kappa shape index (κ2) is 5.57. The second-order valence-electron chi connectivity index (χ2n) is 4.61. The molecule has 20 heavy (non-hydrogen) atoms. The van der Waals surface area contributed by atoms with Crippen LogP contribution in [0.15, 0.2) is 42.5 Å². The molecule has 0 fully saturated rings. The number of carbonyl (C=O) groups is 2. The Morgan fingerprint density at radius 1 is 1.10 bits per heavy atom. The molecule has 0 atom stereocenters. The van der Waals surface area contributed by atoms with Gasteiger partial charge in [0.1, 0.15) is 5.75 Å². The molecule has 0 aliphatic rings. The highest BCUT2D eigenvalue weighted by molar-refractivity contribution is 6.06. The SMILES string of the molecule is CC(=O)c1cccc(NC(=O)c2ccc(C)cc2O)c1. The van der Waals surface area contributed by atoms with Crippen molar-refractivity contribution in [1.82, 2.24) is 0 Å². The normalized spacial score (nSPS) is 10.1. The zero-order valence-electron chi connectivity index (χ0n) is 11.3. The quantitative estimate of drug-likeness (QED) is 0.841. The van der Waals surface area contributed by atoms with E-state index in [0.29, 0.717) is 11.3 Å². The summed E-state index contributed by atoms with van der Waals surface area (Å²) in [5.41, 5.74) is 2.11. The minimum absolute atomic E-state index is 0.0646. The maximum atomic E-state index is 12.1. The number of anilines is 1. The van der Waals surface area contributed by atoms with Gasteiger partial charge in [-0.05, 0) is 43.7 Å². The van der Waals surface area contributed by atoms with Crippen LogP contribution in [0, 0.1) is 6.92 Å². The average molecular weight is 269 g/mol. The molecule has 4 nitrogen and oxygen atoms in total. The molecule has 0 aliphatic heterocycles. The van der Waals surface area contributed by atoms with Crippen LogP contribution in [0.1, 0.15) is 33.2 Å². The first kappa shape index (κ1) is 13.8. The number of carbonyl (C=O) groups excluding carboxylic acids is 2. The number of Topliss-reactive ketones (excluding diaryl/α,β-unsaturated/α-hetero) is 1. The Morgan fingerprint density at radius 2 is 1.85 bits per heavy atom.